The Bertz CT molecular complexity index is 1330. The van der Waals surface area contributed by atoms with Crippen LogP contribution < -0.4 is 14.2 Å². The first-order valence-corrected chi connectivity index (χ1v) is 11.7. The SMILES string of the molecule is COc1ccc(-n2c(C)cc(C(=O)CSc3nnc([C@@H]4COc5ccccc5O4)o3)c2C)cc1. The minimum Gasteiger partial charge on any atom is -0.497 e. The Morgan fingerprint density at radius 1 is 1.12 bits per heavy atom. The van der Waals surface area contributed by atoms with Crippen molar-refractivity contribution in [3.8, 4) is 22.9 Å². The van der Waals surface area contributed by atoms with Gasteiger partial charge in [-0.3, -0.25) is 4.79 Å². The molecule has 4 aromatic rings. The fourth-order valence-corrected chi connectivity index (χ4v) is 4.58. The van der Waals surface area contributed by atoms with Gasteiger partial charge in [0.2, 0.25) is 6.10 Å². The summed E-state index contributed by atoms with van der Waals surface area (Å²) in [5.74, 6) is 2.59. The zero-order valence-corrected chi connectivity index (χ0v) is 19.8. The van der Waals surface area contributed by atoms with Gasteiger partial charge in [-0.1, -0.05) is 23.9 Å². The first kappa shape index (κ1) is 22.1. The van der Waals surface area contributed by atoms with Gasteiger partial charge in [-0.25, -0.2) is 0 Å². The molecule has 0 saturated heterocycles. The number of carbonyl (C=O) groups is 1. The fraction of sp³-hybridized carbons (Fsp3) is 0.240. The Morgan fingerprint density at radius 3 is 2.65 bits per heavy atom. The van der Waals surface area contributed by atoms with Crippen molar-refractivity contribution in [1.29, 1.82) is 0 Å². The van der Waals surface area contributed by atoms with Gasteiger partial charge >= 0.3 is 0 Å². The Morgan fingerprint density at radius 2 is 1.88 bits per heavy atom. The molecule has 8 nitrogen and oxygen atoms in total. The highest BCUT2D eigenvalue weighted by Crippen LogP contribution is 2.36. The number of ether oxygens (including phenoxy) is 3. The normalized spacial score (nSPS) is 14.7. The second-order valence-electron chi connectivity index (χ2n) is 7.80. The van der Waals surface area contributed by atoms with E-state index in [1.165, 1.54) is 11.8 Å². The fourth-order valence-electron chi connectivity index (χ4n) is 3.93. The average molecular weight is 478 g/mol. The van der Waals surface area contributed by atoms with Crippen molar-refractivity contribution in [2.75, 3.05) is 19.5 Å². The summed E-state index contributed by atoms with van der Waals surface area (Å²) in [6.07, 6.45) is -0.490. The number of para-hydroxylation sites is 2. The predicted molar refractivity (Wildman–Crippen MR) is 126 cm³/mol. The number of fused-ring (bicyclic) bond motifs is 1. The number of aromatic nitrogens is 3. The molecule has 0 spiro atoms. The minimum atomic E-state index is -0.490. The molecule has 174 valence electrons. The van der Waals surface area contributed by atoms with Crippen LogP contribution in [-0.2, 0) is 0 Å². The lowest BCUT2D eigenvalue weighted by atomic mass is 10.2. The summed E-state index contributed by atoms with van der Waals surface area (Å²) in [4.78, 5) is 13.0. The zero-order chi connectivity index (χ0) is 23.7. The van der Waals surface area contributed by atoms with Crippen molar-refractivity contribution in [3.05, 3.63) is 77.4 Å². The maximum Gasteiger partial charge on any atom is 0.277 e. The molecular weight excluding hydrogens is 454 g/mol. The molecule has 1 aliphatic heterocycles. The van der Waals surface area contributed by atoms with Crippen LogP contribution in [0.1, 0.15) is 33.7 Å². The second kappa shape index (κ2) is 9.26. The van der Waals surface area contributed by atoms with Crippen LogP contribution in [0.25, 0.3) is 5.69 Å². The molecule has 0 saturated carbocycles. The monoisotopic (exact) mass is 477 g/mol. The van der Waals surface area contributed by atoms with Crippen molar-refractivity contribution in [3.63, 3.8) is 0 Å². The number of ketones is 1. The third-order valence-corrected chi connectivity index (χ3v) is 6.41. The largest absolute Gasteiger partial charge is 0.497 e. The summed E-state index contributed by atoms with van der Waals surface area (Å²) in [6.45, 7) is 4.20. The lowest BCUT2D eigenvalue weighted by Gasteiger charge is -2.23. The van der Waals surface area contributed by atoms with Crippen LogP contribution in [0.5, 0.6) is 17.2 Å². The predicted octanol–water partition coefficient (Wildman–Crippen LogP) is 4.97. The van der Waals surface area contributed by atoms with Gasteiger partial charge in [0.1, 0.15) is 12.4 Å². The first-order chi connectivity index (χ1) is 16.5. The van der Waals surface area contributed by atoms with Crippen LogP contribution in [0.3, 0.4) is 0 Å². The van der Waals surface area contributed by atoms with E-state index in [1.54, 1.807) is 7.11 Å². The molecule has 34 heavy (non-hydrogen) atoms. The average Bonchev–Trinajstić information content (AvgIpc) is 3.46. The van der Waals surface area contributed by atoms with E-state index in [0.29, 0.717) is 28.2 Å². The molecule has 0 unspecified atom stereocenters. The highest BCUT2D eigenvalue weighted by molar-refractivity contribution is 7.99. The molecule has 0 bridgehead atoms. The molecule has 0 amide bonds. The van der Waals surface area contributed by atoms with Crippen LogP contribution in [0.4, 0.5) is 0 Å². The van der Waals surface area contributed by atoms with E-state index < -0.39 is 6.10 Å². The van der Waals surface area contributed by atoms with Gasteiger partial charge < -0.3 is 23.2 Å². The van der Waals surface area contributed by atoms with Crippen LogP contribution in [0.2, 0.25) is 0 Å². The summed E-state index contributed by atoms with van der Waals surface area (Å²) in [5, 5.41) is 8.46. The molecule has 3 heterocycles. The Kier molecular flexibility index (Phi) is 6.02. The van der Waals surface area contributed by atoms with Crippen molar-refractivity contribution in [1.82, 2.24) is 14.8 Å². The quantitative estimate of drug-likeness (QED) is 0.272. The number of methoxy groups -OCH3 is 1. The topological polar surface area (TPSA) is 88.6 Å². The maximum atomic E-state index is 13.0. The highest BCUT2D eigenvalue weighted by atomic mass is 32.2. The zero-order valence-electron chi connectivity index (χ0n) is 19.0. The maximum absolute atomic E-state index is 13.0. The molecule has 0 aliphatic carbocycles. The standard InChI is InChI=1S/C25H23N3O5S/c1-15-12-19(16(2)28(15)17-8-10-18(30-3)11-9-17)20(29)14-34-25-27-26-24(33-25)23-13-31-21-6-4-5-7-22(21)32-23/h4-12,23H,13-14H2,1-3H3/t23-/m0/s1. The van der Waals surface area contributed by atoms with E-state index in [-0.39, 0.29) is 18.1 Å². The van der Waals surface area contributed by atoms with Crippen molar-refractivity contribution in [2.45, 2.75) is 25.2 Å². The van der Waals surface area contributed by atoms with Gasteiger partial charge in [0.05, 0.1) is 12.9 Å². The van der Waals surface area contributed by atoms with Crippen molar-refractivity contribution >= 4 is 17.5 Å². The van der Waals surface area contributed by atoms with E-state index in [4.69, 9.17) is 18.6 Å². The molecular formula is C25H23N3O5S. The summed E-state index contributed by atoms with van der Waals surface area (Å²) >= 11 is 1.21. The third-order valence-electron chi connectivity index (χ3n) is 5.60. The van der Waals surface area contributed by atoms with Crippen LogP contribution in [0.15, 0.2) is 64.2 Å². The lowest BCUT2D eigenvalue weighted by Crippen LogP contribution is -2.21. The van der Waals surface area contributed by atoms with E-state index in [0.717, 1.165) is 22.8 Å². The molecule has 0 N–H and O–H groups in total. The molecule has 2 aromatic carbocycles. The number of carbonyl (C=O) groups excluding carboxylic acids is 1. The van der Waals surface area contributed by atoms with Crippen molar-refractivity contribution < 1.29 is 23.4 Å². The molecule has 1 atom stereocenters. The van der Waals surface area contributed by atoms with Gasteiger partial charge in [-0.2, -0.15) is 0 Å². The number of aryl methyl sites for hydroxylation is 1. The van der Waals surface area contributed by atoms with Gasteiger partial charge in [0.25, 0.3) is 11.1 Å². The van der Waals surface area contributed by atoms with E-state index in [9.17, 15) is 4.79 Å². The summed E-state index contributed by atoms with van der Waals surface area (Å²) in [5.41, 5.74) is 3.50. The Balaban J connectivity index is 1.25. The second-order valence-corrected chi connectivity index (χ2v) is 8.73. The number of Topliss-reactive ketones (excluding diaryl/α,β-unsaturated/α-hetero) is 1. The number of thioether (sulfide) groups is 1. The summed E-state index contributed by atoms with van der Waals surface area (Å²) in [6, 6.07) is 17.1. The van der Waals surface area contributed by atoms with E-state index in [1.807, 2.05) is 68.4 Å². The van der Waals surface area contributed by atoms with E-state index >= 15 is 0 Å². The van der Waals surface area contributed by atoms with Crippen LogP contribution >= 0.6 is 11.8 Å². The van der Waals surface area contributed by atoms with Gasteiger partial charge in [-0.05, 0) is 56.3 Å². The van der Waals surface area contributed by atoms with Crippen molar-refractivity contribution in [2.24, 2.45) is 0 Å². The lowest BCUT2D eigenvalue weighted by molar-refractivity contribution is 0.0686. The molecule has 5 rings (SSSR count). The number of hydrogen-bond acceptors (Lipinski definition) is 8. The first-order valence-electron chi connectivity index (χ1n) is 10.7. The number of benzene rings is 2. The molecule has 2 aromatic heterocycles. The van der Waals surface area contributed by atoms with Crippen LogP contribution in [-0.4, -0.2) is 40.0 Å². The van der Waals surface area contributed by atoms with Gasteiger partial charge in [0.15, 0.2) is 17.3 Å². The molecule has 1 aliphatic rings. The number of nitrogens with zero attached hydrogens (tertiary/aromatic N) is 3. The Hall–Kier alpha value is -3.72. The number of hydrogen-bond donors (Lipinski definition) is 0. The summed E-state index contributed by atoms with van der Waals surface area (Å²) < 4.78 is 24.7. The van der Waals surface area contributed by atoms with Crippen LogP contribution in [0, 0.1) is 13.8 Å². The van der Waals surface area contributed by atoms with Gasteiger partial charge in [0, 0.05) is 22.6 Å². The smallest absolute Gasteiger partial charge is 0.277 e. The van der Waals surface area contributed by atoms with Gasteiger partial charge in [-0.15, -0.1) is 10.2 Å². The highest BCUT2D eigenvalue weighted by Gasteiger charge is 2.27. The number of rotatable bonds is 7. The molecule has 9 heteroatoms. The minimum absolute atomic E-state index is 0.0104. The summed E-state index contributed by atoms with van der Waals surface area (Å²) in [7, 11) is 1.64. The molecule has 0 radical (unpaired) electrons. The molecule has 0 fully saturated rings. The third kappa shape index (κ3) is 4.26. The van der Waals surface area contributed by atoms with E-state index in [2.05, 4.69) is 14.8 Å². The Labute approximate surface area is 200 Å².